The number of amides is 2. The van der Waals surface area contributed by atoms with Crippen molar-refractivity contribution in [2.45, 2.75) is 5.92 Å². The van der Waals surface area contributed by atoms with Gasteiger partial charge in [0.15, 0.2) is 10.8 Å². The van der Waals surface area contributed by atoms with Gasteiger partial charge in [0.25, 0.3) is 0 Å². The average Bonchev–Trinajstić information content (AvgIpc) is 3.02. The summed E-state index contributed by atoms with van der Waals surface area (Å²) in [7, 11) is 1.47. The molecule has 4 heterocycles. The lowest BCUT2D eigenvalue weighted by molar-refractivity contribution is 0.159. The summed E-state index contributed by atoms with van der Waals surface area (Å²) >= 11 is 12.1. The second kappa shape index (κ2) is 7.01. The Morgan fingerprint density at radius 3 is 2.72 bits per heavy atom. The number of methoxy groups -OCH3 is 1. The minimum atomic E-state index is -0.448. The van der Waals surface area contributed by atoms with Crippen molar-refractivity contribution in [1.82, 2.24) is 19.6 Å². The van der Waals surface area contributed by atoms with Crippen LogP contribution in [0.2, 0.25) is 10.2 Å². The van der Waals surface area contributed by atoms with E-state index in [9.17, 15) is 4.79 Å². The Morgan fingerprint density at radius 2 is 2.00 bits per heavy atom. The third-order valence-corrected chi connectivity index (χ3v) is 5.72. The zero-order valence-electron chi connectivity index (χ0n) is 15.2. The summed E-state index contributed by atoms with van der Waals surface area (Å²) in [6.07, 6.45) is 3.08. The minimum absolute atomic E-state index is 0.234. The molecular weight excluding hydrogens is 419 g/mol. The van der Waals surface area contributed by atoms with Crippen LogP contribution in [0.4, 0.5) is 16.2 Å². The molecule has 1 saturated heterocycles. The smallest absolute Gasteiger partial charge is 0.323 e. The molecule has 29 heavy (non-hydrogen) atoms. The monoisotopic (exact) mass is 434 g/mol. The number of hydrogen-bond acceptors (Lipinski definition) is 6. The number of rotatable bonds is 4. The summed E-state index contributed by atoms with van der Waals surface area (Å²) in [5, 5.41) is 10.6. The molecule has 3 aromatic rings. The summed E-state index contributed by atoms with van der Waals surface area (Å²) < 4.78 is 12.2. The number of urea groups is 1. The Hall–Kier alpha value is -2.62. The maximum absolute atomic E-state index is 12.6. The second-order valence-corrected chi connectivity index (χ2v) is 7.77. The third-order valence-electron chi connectivity index (χ3n) is 5.27. The van der Waals surface area contributed by atoms with Gasteiger partial charge < -0.3 is 20.1 Å². The van der Waals surface area contributed by atoms with Gasteiger partial charge in [-0.1, -0.05) is 23.2 Å². The Balaban J connectivity index is 1.42. The molecule has 5 rings (SSSR count). The lowest BCUT2D eigenvalue weighted by Gasteiger charge is -2.14. The van der Waals surface area contributed by atoms with E-state index < -0.39 is 6.03 Å². The van der Waals surface area contributed by atoms with Crippen molar-refractivity contribution in [3.8, 4) is 5.88 Å². The van der Waals surface area contributed by atoms with Gasteiger partial charge in [0.2, 0.25) is 5.88 Å². The van der Waals surface area contributed by atoms with Gasteiger partial charge in [-0.15, -0.1) is 0 Å². The molecule has 9 nitrogen and oxygen atoms in total. The van der Waals surface area contributed by atoms with E-state index in [1.807, 2.05) is 0 Å². The van der Waals surface area contributed by atoms with E-state index in [1.165, 1.54) is 13.3 Å². The van der Waals surface area contributed by atoms with Crippen LogP contribution in [0.15, 0.2) is 24.5 Å². The zero-order chi connectivity index (χ0) is 20.1. The summed E-state index contributed by atoms with van der Waals surface area (Å²) in [4.78, 5) is 21.0. The van der Waals surface area contributed by atoms with Crippen molar-refractivity contribution < 1.29 is 14.3 Å². The van der Waals surface area contributed by atoms with Crippen LogP contribution in [0.25, 0.3) is 5.65 Å². The molecule has 0 radical (unpaired) electrons. The van der Waals surface area contributed by atoms with Crippen LogP contribution >= 0.6 is 23.2 Å². The molecule has 2 unspecified atom stereocenters. The molecule has 2 N–H and O–H groups in total. The number of nitrogens with zero attached hydrogens (tertiary/aromatic N) is 4. The highest BCUT2D eigenvalue weighted by molar-refractivity contribution is 6.32. The molecule has 150 valence electrons. The van der Waals surface area contributed by atoms with E-state index >= 15 is 0 Å². The molecule has 2 amide bonds. The Labute approximate surface area is 175 Å². The van der Waals surface area contributed by atoms with Crippen LogP contribution in [0.5, 0.6) is 5.88 Å². The van der Waals surface area contributed by atoms with Gasteiger partial charge in [0.1, 0.15) is 5.02 Å². The molecule has 0 spiro atoms. The minimum Gasteiger partial charge on any atom is -0.480 e. The summed E-state index contributed by atoms with van der Waals surface area (Å²) in [6.45, 7) is 1.41. The van der Waals surface area contributed by atoms with Crippen LogP contribution in [0.1, 0.15) is 11.6 Å². The van der Waals surface area contributed by atoms with E-state index in [2.05, 4.69) is 25.7 Å². The number of aromatic nitrogens is 4. The number of anilines is 2. The number of carbonyl (C=O) groups is 1. The number of hydrogen-bond donors (Lipinski definition) is 2. The fourth-order valence-electron chi connectivity index (χ4n) is 3.91. The molecule has 11 heteroatoms. The van der Waals surface area contributed by atoms with Gasteiger partial charge >= 0.3 is 6.03 Å². The zero-order valence-corrected chi connectivity index (χ0v) is 16.7. The summed E-state index contributed by atoms with van der Waals surface area (Å²) in [5.41, 5.74) is 2.51. The second-order valence-electron chi connectivity index (χ2n) is 6.98. The first-order chi connectivity index (χ1) is 14.0. The van der Waals surface area contributed by atoms with Crippen molar-refractivity contribution in [3.63, 3.8) is 0 Å². The van der Waals surface area contributed by atoms with Crippen LogP contribution in [-0.4, -0.2) is 45.9 Å². The Morgan fingerprint density at radius 1 is 1.21 bits per heavy atom. The molecule has 1 saturated carbocycles. The predicted octanol–water partition coefficient (Wildman–Crippen LogP) is 3.44. The SMILES string of the molecule is COc1ncc(NC(=O)Nc2cnc3cc(Cl)nn3c2C2C3COCC32)cc1Cl. The number of ether oxygens (including phenoxy) is 2. The van der Waals surface area contributed by atoms with E-state index in [0.29, 0.717) is 52.2 Å². The molecular formula is C18H16Cl2N6O3. The molecule has 2 atom stereocenters. The van der Waals surface area contributed by atoms with Crippen molar-refractivity contribution >= 4 is 46.3 Å². The highest BCUT2D eigenvalue weighted by Gasteiger charge is 2.56. The van der Waals surface area contributed by atoms with Crippen molar-refractivity contribution in [2.75, 3.05) is 31.0 Å². The lowest BCUT2D eigenvalue weighted by atomic mass is 10.2. The number of carbonyl (C=O) groups excluding carboxylic acids is 1. The first-order valence-corrected chi connectivity index (χ1v) is 9.70. The molecule has 1 aliphatic heterocycles. The summed E-state index contributed by atoms with van der Waals surface area (Å²) in [6, 6.07) is 2.80. The number of nitrogens with one attached hydrogen (secondary N) is 2. The molecule has 0 bridgehead atoms. The molecule has 2 aliphatic rings. The largest absolute Gasteiger partial charge is 0.480 e. The van der Waals surface area contributed by atoms with Gasteiger partial charge in [-0.05, 0) is 17.9 Å². The predicted molar refractivity (Wildman–Crippen MR) is 107 cm³/mol. The number of pyridine rings is 1. The third kappa shape index (κ3) is 3.25. The standard InChI is InChI=1S/C18H16Cl2N6O3/c1-28-17-11(19)2-8(4-22-17)23-18(27)24-12-5-21-14-3-13(20)25-26(14)16(12)15-9-6-29-7-10(9)15/h2-5,9-10,15H,6-7H2,1H3,(H2,23,24,27). The fraction of sp³-hybridized carbons (Fsp3) is 0.333. The Kier molecular flexibility index (Phi) is 4.45. The first-order valence-electron chi connectivity index (χ1n) is 8.94. The van der Waals surface area contributed by atoms with Gasteiger partial charge in [-0.3, -0.25) is 0 Å². The molecule has 0 aromatic carbocycles. The van der Waals surface area contributed by atoms with E-state index in [1.54, 1.807) is 22.8 Å². The van der Waals surface area contributed by atoms with E-state index in [4.69, 9.17) is 32.7 Å². The van der Waals surface area contributed by atoms with Gasteiger partial charge in [-0.2, -0.15) is 5.10 Å². The maximum Gasteiger partial charge on any atom is 0.323 e. The quantitative estimate of drug-likeness (QED) is 0.651. The highest BCUT2D eigenvalue weighted by atomic mass is 35.5. The van der Waals surface area contributed by atoms with E-state index in [-0.39, 0.29) is 11.8 Å². The van der Waals surface area contributed by atoms with Crippen LogP contribution in [0, 0.1) is 11.8 Å². The van der Waals surface area contributed by atoms with Crippen LogP contribution < -0.4 is 15.4 Å². The van der Waals surface area contributed by atoms with Gasteiger partial charge in [0.05, 0.1) is 49.8 Å². The number of fused-ring (bicyclic) bond motifs is 2. The van der Waals surface area contributed by atoms with Crippen LogP contribution in [-0.2, 0) is 4.74 Å². The summed E-state index contributed by atoms with van der Waals surface area (Å²) in [5.74, 6) is 1.35. The van der Waals surface area contributed by atoms with Gasteiger partial charge in [-0.25, -0.2) is 19.3 Å². The van der Waals surface area contributed by atoms with Gasteiger partial charge in [0, 0.05) is 12.0 Å². The normalized spacial score (nSPS) is 22.4. The van der Waals surface area contributed by atoms with Crippen LogP contribution in [0.3, 0.4) is 0 Å². The van der Waals surface area contributed by atoms with E-state index in [0.717, 1.165) is 5.69 Å². The van der Waals surface area contributed by atoms with Crippen molar-refractivity contribution in [3.05, 3.63) is 40.4 Å². The molecule has 1 aliphatic carbocycles. The topological polar surface area (TPSA) is 103 Å². The molecule has 3 aromatic heterocycles. The molecule has 2 fully saturated rings. The average molecular weight is 435 g/mol. The Bertz CT molecular complexity index is 1110. The fourth-order valence-corrected chi connectivity index (χ4v) is 4.33. The first kappa shape index (κ1) is 18.4. The highest BCUT2D eigenvalue weighted by Crippen LogP contribution is 2.58. The lowest BCUT2D eigenvalue weighted by Crippen LogP contribution is -2.22. The number of halogens is 2. The maximum atomic E-state index is 12.6. The van der Waals surface area contributed by atoms with Crippen molar-refractivity contribution in [2.24, 2.45) is 11.8 Å². The van der Waals surface area contributed by atoms with Crippen molar-refractivity contribution in [1.29, 1.82) is 0 Å².